The van der Waals surface area contributed by atoms with Gasteiger partial charge in [0.25, 0.3) is 0 Å². The van der Waals surface area contributed by atoms with Gasteiger partial charge in [-0.15, -0.1) is 0 Å². The van der Waals surface area contributed by atoms with Crippen molar-refractivity contribution in [3.05, 3.63) is 22.8 Å². The zero-order valence-electron chi connectivity index (χ0n) is 21.1. The molecule has 190 valence electrons. The van der Waals surface area contributed by atoms with Crippen molar-refractivity contribution in [1.29, 1.82) is 0 Å². The van der Waals surface area contributed by atoms with E-state index in [0.717, 1.165) is 24.8 Å². The lowest BCUT2D eigenvalue weighted by Crippen LogP contribution is -2.54. The minimum Gasteiger partial charge on any atom is -0.455 e. The predicted octanol–water partition coefficient (Wildman–Crippen LogP) is 3.90. The second-order valence-corrected chi connectivity index (χ2v) is 10.2. The van der Waals surface area contributed by atoms with Crippen molar-refractivity contribution in [2.45, 2.75) is 116 Å². The molecule has 0 spiro atoms. The molecule has 0 saturated carbocycles. The number of aliphatic hydroxyl groups is 1. The minimum atomic E-state index is -2.02. The third-order valence-electron chi connectivity index (χ3n) is 7.17. The standard InChI is InChI=1S/C26H38O8/c1-7-9-20(28)32-22-21-17(4)24(29)34-26(21,30)14-15(2)10-8-11-16(3)19-12-13-25(6,33-19)23(22)31-18(5)27/h10,16,19,22-23,30H,7-9,11-14H2,1-6H3/b15-10+/t16-,19+,22-,23+,25-,26+/m0/s1. The molecule has 1 N–H and O–H groups in total. The smallest absolute Gasteiger partial charge is 0.336 e. The third kappa shape index (κ3) is 5.38. The monoisotopic (exact) mass is 478 g/mol. The Morgan fingerprint density at radius 1 is 1.24 bits per heavy atom. The average molecular weight is 479 g/mol. The summed E-state index contributed by atoms with van der Waals surface area (Å²) in [6.45, 7) is 10.5. The lowest BCUT2D eigenvalue weighted by atomic mass is 9.82. The molecule has 3 aliphatic rings. The van der Waals surface area contributed by atoms with Gasteiger partial charge in [0.05, 0.1) is 11.7 Å². The van der Waals surface area contributed by atoms with Gasteiger partial charge in [-0.25, -0.2) is 4.79 Å². The zero-order valence-corrected chi connectivity index (χ0v) is 21.1. The van der Waals surface area contributed by atoms with Gasteiger partial charge < -0.3 is 24.1 Å². The van der Waals surface area contributed by atoms with Crippen molar-refractivity contribution in [3.63, 3.8) is 0 Å². The molecule has 0 radical (unpaired) electrons. The molecule has 0 aromatic carbocycles. The Hall–Kier alpha value is -2.19. The van der Waals surface area contributed by atoms with Crippen LogP contribution in [0.5, 0.6) is 0 Å². The maximum atomic E-state index is 12.7. The average Bonchev–Trinajstić information content (AvgIpc) is 3.22. The van der Waals surface area contributed by atoms with Crippen LogP contribution in [0.15, 0.2) is 22.8 Å². The van der Waals surface area contributed by atoms with E-state index >= 15 is 0 Å². The van der Waals surface area contributed by atoms with Crippen LogP contribution in [0.3, 0.4) is 0 Å². The summed E-state index contributed by atoms with van der Waals surface area (Å²) in [6.07, 6.45) is 3.36. The van der Waals surface area contributed by atoms with Crippen molar-refractivity contribution in [3.8, 4) is 0 Å². The van der Waals surface area contributed by atoms with Crippen LogP contribution < -0.4 is 0 Å². The van der Waals surface area contributed by atoms with Gasteiger partial charge in [-0.1, -0.05) is 25.5 Å². The highest BCUT2D eigenvalue weighted by Crippen LogP contribution is 2.46. The SMILES string of the molecule is CCCC(=O)O[C@H]1C2=C(C)C(=O)O[C@]2(O)C/C(C)=C/CC[C@H](C)[C@H]2CC[C@](C)(O2)[C@@H]1OC(C)=O. The summed E-state index contributed by atoms with van der Waals surface area (Å²) in [5.74, 6) is -3.55. The molecule has 34 heavy (non-hydrogen) atoms. The number of hydrogen-bond donors (Lipinski definition) is 1. The Morgan fingerprint density at radius 2 is 1.94 bits per heavy atom. The Labute approximate surface area is 201 Å². The Morgan fingerprint density at radius 3 is 2.59 bits per heavy atom. The van der Waals surface area contributed by atoms with E-state index in [9.17, 15) is 19.5 Å². The molecule has 0 aromatic rings. The van der Waals surface area contributed by atoms with Crippen LogP contribution in [0.25, 0.3) is 0 Å². The molecule has 6 atom stereocenters. The lowest BCUT2D eigenvalue weighted by Gasteiger charge is -2.40. The molecule has 0 aromatic heterocycles. The summed E-state index contributed by atoms with van der Waals surface area (Å²) < 4.78 is 23.6. The van der Waals surface area contributed by atoms with Crippen LogP contribution >= 0.6 is 0 Å². The first-order valence-electron chi connectivity index (χ1n) is 12.3. The molecule has 8 nitrogen and oxygen atoms in total. The summed E-state index contributed by atoms with van der Waals surface area (Å²) in [5, 5.41) is 11.6. The number of hydrogen-bond acceptors (Lipinski definition) is 8. The molecular weight excluding hydrogens is 440 g/mol. The second-order valence-electron chi connectivity index (χ2n) is 10.2. The van der Waals surface area contributed by atoms with Gasteiger partial charge in [0.15, 0.2) is 12.2 Å². The maximum absolute atomic E-state index is 12.7. The summed E-state index contributed by atoms with van der Waals surface area (Å²) in [7, 11) is 0. The van der Waals surface area contributed by atoms with Crippen molar-refractivity contribution in [2.75, 3.05) is 0 Å². The number of carbonyl (C=O) groups is 3. The fraction of sp³-hybridized carbons (Fsp3) is 0.731. The highest BCUT2D eigenvalue weighted by Gasteiger charge is 2.57. The van der Waals surface area contributed by atoms with Gasteiger partial charge in [0.2, 0.25) is 5.79 Å². The normalized spacial score (nSPS) is 38.0. The molecule has 0 aliphatic carbocycles. The third-order valence-corrected chi connectivity index (χ3v) is 7.17. The van der Waals surface area contributed by atoms with E-state index in [1.54, 1.807) is 0 Å². The quantitative estimate of drug-likeness (QED) is 0.368. The Balaban J connectivity index is 2.20. The fourth-order valence-electron chi connectivity index (χ4n) is 5.35. The Bertz CT molecular complexity index is 889. The number of allylic oxidation sites excluding steroid dienone is 1. The number of esters is 3. The molecule has 1 saturated heterocycles. The minimum absolute atomic E-state index is 0.0232. The van der Waals surface area contributed by atoms with Gasteiger partial charge in [0, 0.05) is 25.3 Å². The topological polar surface area (TPSA) is 108 Å². The molecule has 0 unspecified atom stereocenters. The van der Waals surface area contributed by atoms with Crippen LogP contribution in [0.1, 0.15) is 86.5 Å². The van der Waals surface area contributed by atoms with E-state index in [-0.39, 0.29) is 36.0 Å². The molecule has 8 heteroatoms. The molecule has 1 fully saturated rings. The number of carbonyl (C=O) groups excluding carboxylic acids is 3. The van der Waals surface area contributed by atoms with Gasteiger partial charge >= 0.3 is 17.9 Å². The molecule has 3 aliphatic heterocycles. The van der Waals surface area contributed by atoms with E-state index in [2.05, 4.69) is 6.92 Å². The van der Waals surface area contributed by atoms with Crippen LogP contribution in [0.4, 0.5) is 0 Å². The molecule has 3 heterocycles. The van der Waals surface area contributed by atoms with Crippen LogP contribution in [0, 0.1) is 5.92 Å². The zero-order chi connectivity index (χ0) is 25.3. The largest absolute Gasteiger partial charge is 0.455 e. The van der Waals surface area contributed by atoms with Crippen LogP contribution in [-0.4, -0.2) is 52.7 Å². The van der Waals surface area contributed by atoms with Gasteiger partial charge in [-0.05, 0) is 58.8 Å². The number of fused-ring (bicyclic) bond motifs is 3. The van der Waals surface area contributed by atoms with Gasteiger partial charge in [0.1, 0.15) is 5.60 Å². The van der Waals surface area contributed by atoms with E-state index < -0.39 is 41.5 Å². The summed E-state index contributed by atoms with van der Waals surface area (Å²) >= 11 is 0. The van der Waals surface area contributed by atoms with Crippen molar-refractivity contribution in [2.24, 2.45) is 5.92 Å². The van der Waals surface area contributed by atoms with Crippen LogP contribution in [0.2, 0.25) is 0 Å². The number of rotatable bonds is 4. The van der Waals surface area contributed by atoms with E-state index in [0.29, 0.717) is 12.8 Å². The van der Waals surface area contributed by atoms with Crippen molar-refractivity contribution >= 4 is 17.9 Å². The summed E-state index contributed by atoms with van der Waals surface area (Å²) in [6, 6.07) is 0. The van der Waals surface area contributed by atoms with E-state index in [1.807, 2.05) is 26.8 Å². The molecule has 0 amide bonds. The van der Waals surface area contributed by atoms with Crippen molar-refractivity contribution < 1.29 is 38.4 Å². The van der Waals surface area contributed by atoms with Crippen molar-refractivity contribution in [1.82, 2.24) is 0 Å². The summed E-state index contributed by atoms with van der Waals surface area (Å²) in [5.41, 5.74) is 0.108. The fourth-order valence-corrected chi connectivity index (χ4v) is 5.35. The predicted molar refractivity (Wildman–Crippen MR) is 123 cm³/mol. The van der Waals surface area contributed by atoms with Crippen LogP contribution in [-0.2, 0) is 33.3 Å². The van der Waals surface area contributed by atoms with E-state index in [1.165, 1.54) is 13.8 Å². The first-order valence-corrected chi connectivity index (χ1v) is 12.3. The maximum Gasteiger partial charge on any atom is 0.336 e. The van der Waals surface area contributed by atoms with Gasteiger partial charge in [-0.2, -0.15) is 0 Å². The first-order chi connectivity index (χ1) is 15.9. The lowest BCUT2D eigenvalue weighted by molar-refractivity contribution is -0.206. The number of ether oxygens (including phenoxy) is 4. The van der Waals surface area contributed by atoms with Gasteiger partial charge in [-0.3, -0.25) is 9.59 Å². The molecule has 3 rings (SSSR count). The first kappa shape index (κ1) is 26.4. The molecular formula is C26H38O8. The Kier molecular flexibility index (Phi) is 7.92. The second kappa shape index (κ2) is 10.2. The summed E-state index contributed by atoms with van der Waals surface area (Å²) in [4.78, 5) is 37.6. The highest BCUT2D eigenvalue weighted by atomic mass is 16.7. The van der Waals surface area contributed by atoms with E-state index in [4.69, 9.17) is 18.9 Å². The highest BCUT2D eigenvalue weighted by molar-refractivity contribution is 5.92. The molecule has 2 bridgehead atoms.